The number of ether oxygens (including phenoxy) is 2. The van der Waals surface area contributed by atoms with E-state index in [0.29, 0.717) is 41.2 Å². The smallest absolute Gasteiger partial charge is 0.277 e. The number of carbonyl (C=O) groups excluding carboxylic acids is 1. The molecule has 3 rings (SSSR count). The van der Waals surface area contributed by atoms with Gasteiger partial charge in [-0.1, -0.05) is 18.2 Å². The fraction of sp³-hybridized carbons (Fsp3) is 0.250. The van der Waals surface area contributed by atoms with E-state index in [9.17, 15) is 9.18 Å². The van der Waals surface area contributed by atoms with Gasteiger partial charge in [0.1, 0.15) is 12.4 Å². The molecule has 172 valence electrons. The molecule has 0 bridgehead atoms. The number of nitrogens with two attached hydrogens (primary N) is 1. The fourth-order valence-electron chi connectivity index (χ4n) is 2.71. The zero-order valence-electron chi connectivity index (χ0n) is 17.0. The van der Waals surface area contributed by atoms with Crippen LogP contribution in [-0.4, -0.2) is 36.4 Å². The van der Waals surface area contributed by atoms with Gasteiger partial charge in [-0.15, -0.1) is 0 Å². The van der Waals surface area contributed by atoms with Gasteiger partial charge in [-0.25, -0.2) is 9.02 Å². The van der Waals surface area contributed by atoms with Crippen molar-refractivity contribution in [1.29, 1.82) is 0 Å². The molecule has 0 aliphatic carbocycles. The maximum Gasteiger partial charge on any atom is 0.277 e. The van der Waals surface area contributed by atoms with Crippen LogP contribution in [0.15, 0.2) is 45.5 Å². The minimum absolute atomic E-state index is 0. The van der Waals surface area contributed by atoms with Crippen molar-refractivity contribution in [2.24, 2.45) is 0 Å². The van der Waals surface area contributed by atoms with Crippen LogP contribution in [-0.2, 0) is 13.2 Å². The van der Waals surface area contributed by atoms with Gasteiger partial charge in [-0.2, -0.15) is 0 Å². The van der Waals surface area contributed by atoms with Crippen LogP contribution in [0.1, 0.15) is 21.6 Å². The number of amides is 1. The van der Waals surface area contributed by atoms with Crippen molar-refractivity contribution < 1.29 is 35.7 Å². The minimum Gasteiger partial charge on any atom is -1.00 e. The van der Waals surface area contributed by atoms with Gasteiger partial charge in [0.15, 0.2) is 11.5 Å². The second-order valence-corrected chi connectivity index (χ2v) is 7.27. The van der Waals surface area contributed by atoms with Crippen molar-refractivity contribution in [3.05, 3.63) is 63.5 Å². The van der Waals surface area contributed by atoms with Gasteiger partial charge in [0.2, 0.25) is 11.5 Å². The molecule has 4 N–H and O–H groups in total. The predicted octanol–water partition coefficient (Wildman–Crippen LogP) is -0.335. The Morgan fingerprint density at radius 3 is 2.72 bits per heavy atom. The van der Waals surface area contributed by atoms with E-state index in [-0.39, 0.29) is 36.3 Å². The molecular formula is C20H21BrClFN5O4-. The Morgan fingerprint density at radius 2 is 2.03 bits per heavy atom. The van der Waals surface area contributed by atoms with Crippen molar-refractivity contribution in [3.63, 3.8) is 0 Å². The Balaban J connectivity index is 0.00000363. The molecule has 3 aromatic rings. The van der Waals surface area contributed by atoms with Gasteiger partial charge >= 0.3 is 0 Å². The molecule has 0 unspecified atom stereocenters. The summed E-state index contributed by atoms with van der Waals surface area (Å²) < 4.78 is 30.1. The summed E-state index contributed by atoms with van der Waals surface area (Å²) in [6.45, 7) is 1.45. The molecule has 0 radical (unpaired) electrons. The third-order valence-corrected chi connectivity index (χ3v) is 4.85. The number of nitrogens with one attached hydrogen (secondary N) is 2. The van der Waals surface area contributed by atoms with Crippen molar-refractivity contribution in [3.8, 4) is 11.5 Å². The molecule has 0 aliphatic heterocycles. The molecule has 1 aromatic heterocycles. The lowest BCUT2D eigenvalue weighted by atomic mass is 10.2. The molecule has 0 fully saturated rings. The first-order chi connectivity index (χ1) is 15.0. The lowest BCUT2D eigenvalue weighted by molar-refractivity contribution is -0.0000163. The van der Waals surface area contributed by atoms with E-state index in [4.69, 9.17) is 15.2 Å². The van der Waals surface area contributed by atoms with E-state index in [1.165, 1.54) is 13.2 Å². The normalized spacial score (nSPS) is 10.3. The summed E-state index contributed by atoms with van der Waals surface area (Å²) in [4.78, 5) is 11.9. The minimum atomic E-state index is -0.457. The van der Waals surface area contributed by atoms with Gasteiger partial charge in [-0.3, -0.25) is 4.79 Å². The Bertz CT molecular complexity index is 1050. The summed E-state index contributed by atoms with van der Waals surface area (Å²) >= 11 is 3.48. The summed E-state index contributed by atoms with van der Waals surface area (Å²) in [7, 11) is 1.54. The summed E-state index contributed by atoms with van der Waals surface area (Å²) in [6, 6.07) is 10.1. The molecule has 32 heavy (non-hydrogen) atoms. The third-order valence-electron chi connectivity index (χ3n) is 4.26. The fourth-order valence-corrected chi connectivity index (χ4v) is 3.32. The van der Waals surface area contributed by atoms with Crippen LogP contribution in [0.3, 0.4) is 0 Å². The SMILES string of the molecule is COc1cc(CNCCNC(=O)c2nonc2N)cc(Br)c1OCc1ccccc1F.[Cl-]. The molecule has 1 amide bonds. The number of aromatic nitrogens is 2. The summed E-state index contributed by atoms with van der Waals surface area (Å²) in [6.07, 6.45) is 0. The predicted molar refractivity (Wildman–Crippen MR) is 114 cm³/mol. The topological polar surface area (TPSA) is 125 Å². The lowest BCUT2D eigenvalue weighted by Crippen LogP contribution is -3.00. The van der Waals surface area contributed by atoms with E-state index in [1.807, 2.05) is 12.1 Å². The van der Waals surface area contributed by atoms with Crippen molar-refractivity contribution in [2.45, 2.75) is 13.2 Å². The average Bonchev–Trinajstić information content (AvgIpc) is 3.19. The maximum atomic E-state index is 13.8. The van der Waals surface area contributed by atoms with Gasteiger partial charge in [0.25, 0.3) is 5.91 Å². The molecule has 0 aliphatic rings. The highest BCUT2D eigenvalue weighted by atomic mass is 79.9. The molecule has 0 saturated carbocycles. The second kappa shape index (κ2) is 12.2. The Morgan fingerprint density at radius 1 is 1.25 bits per heavy atom. The highest BCUT2D eigenvalue weighted by molar-refractivity contribution is 9.10. The largest absolute Gasteiger partial charge is 1.00 e. The molecule has 0 saturated heterocycles. The standard InChI is InChI=1S/C20H21BrFN5O4.ClH/c1-29-16-9-12(10-24-6-7-25-20(28)17-19(23)27-31-26-17)8-14(21)18(16)30-11-13-4-2-3-5-15(13)22;/h2-5,8-9,24H,6-7,10-11H2,1H3,(H2,23,27)(H,25,28);1H/p-1. The number of nitrogen functional groups attached to an aromatic ring is 1. The molecule has 9 nitrogen and oxygen atoms in total. The van der Waals surface area contributed by atoms with E-state index in [0.717, 1.165) is 5.56 Å². The molecule has 1 heterocycles. The number of hydrogen-bond donors (Lipinski definition) is 3. The van der Waals surface area contributed by atoms with Gasteiger partial charge in [0.05, 0.1) is 11.6 Å². The number of methoxy groups -OCH3 is 1. The van der Waals surface area contributed by atoms with Crippen molar-refractivity contribution in [1.82, 2.24) is 20.9 Å². The van der Waals surface area contributed by atoms with Crippen LogP contribution < -0.4 is 38.2 Å². The number of rotatable bonds is 10. The molecular weight excluding hydrogens is 509 g/mol. The number of hydrogen-bond acceptors (Lipinski definition) is 8. The first-order valence-corrected chi connectivity index (χ1v) is 10.1. The molecule has 0 atom stereocenters. The number of nitrogens with zero attached hydrogens (tertiary/aromatic N) is 2. The van der Waals surface area contributed by atoms with Crippen LogP contribution in [0.25, 0.3) is 0 Å². The quantitative estimate of drug-likeness (QED) is 0.305. The number of anilines is 1. The second-order valence-electron chi connectivity index (χ2n) is 6.42. The van der Waals surface area contributed by atoms with Crippen molar-refractivity contribution >= 4 is 27.7 Å². The highest BCUT2D eigenvalue weighted by Gasteiger charge is 2.15. The monoisotopic (exact) mass is 528 g/mol. The average molecular weight is 530 g/mol. The van der Waals surface area contributed by atoms with Crippen molar-refractivity contribution in [2.75, 3.05) is 25.9 Å². The molecule has 2 aromatic carbocycles. The summed E-state index contributed by atoms with van der Waals surface area (Å²) in [5.41, 5.74) is 6.81. The summed E-state index contributed by atoms with van der Waals surface area (Å²) in [5, 5.41) is 12.7. The van der Waals surface area contributed by atoms with E-state index in [1.54, 1.807) is 18.2 Å². The number of halogens is 3. The van der Waals surface area contributed by atoms with Gasteiger partial charge in [0, 0.05) is 25.2 Å². The van der Waals surface area contributed by atoms with E-state index < -0.39 is 5.91 Å². The highest BCUT2D eigenvalue weighted by Crippen LogP contribution is 2.37. The van der Waals surface area contributed by atoms with Crippen LogP contribution in [0.4, 0.5) is 10.2 Å². The van der Waals surface area contributed by atoms with Crippen LogP contribution in [0, 0.1) is 5.82 Å². The lowest BCUT2D eigenvalue weighted by Gasteiger charge is -2.15. The van der Waals surface area contributed by atoms with Crippen LogP contribution in [0.2, 0.25) is 0 Å². The first kappa shape index (κ1) is 25.4. The zero-order valence-corrected chi connectivity index (χ0v) is 19.4. The van der Waals surface area contributed by atoms with E-state index >= 15 is 0 Å². The number of carbonyl (C=O) groups is 1. The van der Waals surface area contributed by atoms with Crippen LogP contribution in [0.5, 0.6) is 11.5 Å². The third kappa shape index (κ3) is 6.55. The van der Waals surface area contributed by atoms with Gasteiger partial charge in [-0.05, 0) is 50.0 Å². The molecule has 12 heteroatoms. The maximum absolute atomic E-state index is 13.8. The van der Waals surface area contributed by atoms with E-state index in [2.05, 4.69) is 41.5 Å². The van der Waals surface area contributed by atoms with Gasteiger partial charge < -0.3 is 38.2 Å². The zero-order chi connectivity index (χ0) is 22.2. The Hall–Kier alpha value is -2.89. The Labute approximate surface area is 198 Å². The Kier molecular flexibility index (Phi) is 9.69. The first-order valence-electron chi connectivity index (χ1n) is 9.29. The molecule has 0 spiro atoms. The summed E-state index contributed by atoms with van der Waals surface area (Å²) in [5.74, 6) is 0.166. The van der Waals surface area contributed by atoms with Crippen LogP contribution >= 0.6 is 15.9 Å². The number of benzene rings is 2.